The molecule has 0 fully saturated rings. The summed E-state index contributed by atoms with van der Waals surface area (Å²) in [5.41, 5.74) is 0. The first-order valence-electron chi connectivity index (χ1n) is 9.90. The third kappa shape index (κ3) is 20.3. The maximum atomic E-state index is 11.4. The van der Waals surface area contributed by atoms with E-state index >= 15 is 0 Å². The SMILES string of the molecule is CC/C=C\C/C=C\C/C=C\C/C=C\C/C=C\CCCC(=O)OC[C@@H](O)CO. The van der Waals surface area contributed by atoms with Crippen LogP contribution in [-0.2, 0) is 9.53 Å². The van der Waals surface area contributed by atoms with E-state index in [9.17, 15) is 4.79 Å². The molecule has 0 aliphatic heterocycles. The van der Waals surface area contributed by atoms with Gasteiger partial charge in [-0.3, -0.25) is 4.79 Å². The lowest BCUT2D eigenvalue weighted by molar-refractivity contribution is -0.147. The van der Waals surface area contributed by atoms with Gasteiger partial charge >= 0.3 is 5.97 Å². The summed E-state index contributed by atoms with van der Waals surface area (Å²) in [6, 6.07) is 0. The molecule has 27 heavy (non-hydrogen) atoms. The van der Waals surface area contributed by atoms with Gasteiger partial charge in [-0.25, -0.2) is 0 Å². The highest BCUT2D eigenvalue weighted by Gasteiger charge is 2.06. The van der Waals surface area contributed by atoms with Gasteiger partial charge in [0.05, 0.1) is 6.61 Å². The summed E-state index contributed by atoms with van der Waals surface area (Å²) in [7, 11) is 0. The molecule has 0 aromatic heterocycles. The smallest absolute Gasteiger partial charge is 0.305 e. The topological polar surface area (TPSA) is 66.8 Å². The van der Waals surface area contributed by atoms with Gasteiger partial charge in [0.25, 0.3) is 0 Å². The van der Waals surface area contributed by atoms with Crippen LogP contribution in [0.2, 0.25) is 0 Å². The fraction of sp³-hybridized carbons (Fsp3) is 0.522. The highest BCUT2D eigenvalue weighted by Crippen LogP contribution is 2.01. The van der Waals surface area contributed by atoms with E-state index in [-0.39, 0.29) is 12.6 Å². The summed E-state index contributed by atoms with van der Waals surface area (Å²) >= 11 is 0. The van der Waals surface area contributed by atoms with Gasteiger partial charge in [-0.2, -0.15) is 0 Å². The van der Waals surface area contributed by atoms with Crippen LogP contribution in [0.15, 0.2) is 60.8 Å². The molecule has 0 saturated heterocycles. The van der Waals surface area contributed by atoms with Crippen LogP contribution in [0.25, 0.3) is 0 Å². The molecule has 0 radical (unpaired) electrons. The number of carbonyl (C=O) groups is 1. The molecular weight excluding hydrogens is 340 g/mol. The number of ether oxygens (including phenoxy) is 1. The molecule has 0 amide bonds. The van der Waals surface area contributed by atoms with Crippen LogP contribution in [0.4, 0.5) is 0 Å². The summed E-state index contributed by atoms with van der Waals surface area (Å²) in [5.74, 6) is -0.338. The van der Waals surface area contributed by atoms with E-state index in [0.29, 0.717) is 6.42 Å². The summed E-state index contributed by atoms with van der Waals surface area (Å²) in [4.78, 5) is 11.4. The zero-order valence-corrected chi connectivity index (χ0v) is 16.6. The zero-order chi connectivity index (χ0) is 20.0. The predicted octanol–water partition coefficient (Wildman–Crippen LogP) is 4.80. The van der Waals surface area contributed by atoms with Crippen molar-refractivity contribution in [2.45, 2.75) is 64.4 Å². The van der Waals surface area contributed by atoms with Gasteiger partial charge in [0.2, 0.25) is 0 Å². The Morgan fingerprint density at radius 1 is 0.852 bits per heavy atom. The van der Waals surface area contributed by atoms with E-state index in [2.05, 4.69) is 67.7 Å². The van der Waals surface area contributed by atoms with Gasteiger partial charge in [0.1, 0.15) is 12.7 Å². The molecule has 0 unspecified atom stereocenters. The number of aliphatic hydroxyl groups is 2. The highest BCUT2D eigenvalue weighted by atomic mass is 16.5. The maximum absolute atomic E-state index is 11.4. The fourth-order valence-electron chi connectivity index (χ4n) is 2.05. The average molecular weight is 377 g/mol. The van der Waals surface area contributed by atoms with Crippen LogP contribution < -0.4 is 0 Å². The Labute approximate surface area is 164 Å². The van der Waals surface area contributed by atoms with Crippen molar-refractivity contribution < 1.29 is 19.7 Å². The lowest BCUT2D eigenvalue weighted by Gasteiger charge is -2.07. The second kappa shape index (κ2) is 20.4. The van der Waals surface area contributed by atoms with Crippen molar-refractivity contribution in [1.29, 1.82) is 0 Å². The molecule has 2 N–H and O–H groups in total. The molecule has 152 valence electrons. The Bertz CT molecular complexity index is 487. The minimum Gasteiger partial charge on any atom is -0.463 e. The number of hydrogen-bond acceptors (Lipinski definition) is 4. The molecule has 0 aliphatic carbocycles. The summed E-state index contributed by atoms with van der Waals surface area (Å²) in [6.07, 6.45) is 27.4. The molecule has 0 saturated carbocycles. The lowest BCUT2D eigenvalue weighted by Crippen LogP contribution is -2.21. The molecule has 0 bridgehead atoms. The van der Waals surface area contributed by atoms with Gasteiger partial charge in [-0.15, -0.1) is 0 Å². The quantitative estimate of drug-likeness (QED) is 0.231. The number of rotatable bonds is 16. The van der Waals surface area contributed by atoms with Gasteiger partial charge in [-0.05, 0) is 44.9 Å². The Morgan fingerprint density at radius 3 is 1.81 bits per heavy atom. The molecule has 0 rings (SSSR count). The Kier molecular flexibility index (Phi) is 19.0. The van der Waals surface area contributed by atoms with Gasteiger partial charge < -0.3 is 14.9 Å². The van der Waals surface area contributed by atoms with Gasteiger partial charge in [-0.1, -0.05) is 67.7 Å². The minimum absolute atomic E-state index is 0.142. The van der Waals surface area contributed by atoms with Gasteiger partial charge in [0, 0.05) is 6.42 Å². The van der Waals surface area contributed by atoms with Crippen molar-refractivity contribution >= 4 is 5.97 Å². The largest absolute Gasteiger partial charge is 0.463 e. The molecule has 4 nitrogen and oxygen atoms in total. The van der Waals surface area contributed by atoms with Crippen LogP contribution in [-0.4, -0.2) is 35.5 Å². The number of esters is 1. The van der Waals surface area contributed by atoms with E-state index in [1.807, 2.05) is 0 Å². The van der Waals surface area contributed by atoms with Crippen LogP contribution in [0.1, 0.15) is 58.3 Å². The first-order valence-corrected chi connectivity index (χ1v) is 9.90. The molecule has 4 heteroatoms. The number of unbranched alkanes of at least 4 members (excludes halogenated alkanes) is 1. The molecular formula is C23H36O4. The van der Waals surface area contributed by atoms with Crippen molar-refractivity contribution in [3.63, 3.8) is 0 Å². The third-order valence-electron chi connectivity index (χ3n) is 3.56. The fourth-order valence-corrected chi connectivity index (χ4v) is 2.05. The Morgan fingerprint density at radius 2 is 1.33 bits per heavy atom. The van der Waals surface area contributed by atoms with Crippen LogP contribution in [0, 0.1) is 0 Å². The number of hydrogen-bond donors (Lipinski definition) is 2. The van der Waals surface area contributed by atoms with Crippen molar-refractivity contribution in [2.24, 2.45) is 0 Å². The second-order valence-electron chi connectivity index (χ2n) is 6.12. The van der Waals surface area contributed by atoms with Gasteiger partial charge in [0.15, 0.2) is 0 Å². The van der Waals surface area contributed by atoms with Crippen LogP contribution in [0.5, 0.6) is 0 Å². The van der Waals surface area contributed by atoms with Crippen molar-refractivity contribution in [3.8, 4) is 0 Å². The van der Waals surface area contributed by atoms with Crippen LogP contribution >= 0.6 is 0 Å². The summed E-state index contributed by atoms with van der Waals surface area (Å²) < 4.78 is 4.83. The first-order chi connectivity index (χ1) is 13.2. The van der Waals surface area contributed by atoms with E-state index in [1.165, 1.54) is 0 Å². The monoisotopic (exact) mass is 376 g/mol. The lowest BCUT2D eigenvalue weighted by atomic mass is 10.2. The first kappa shape index (κ1) is 25.1. The Balaban J connectivity index is 3.53. The summed E-state index contributed by atoms with van der Waals surface area (Å²) in [6.45, 7) is 1.60. The van der Waals surface area contributed by atoms with Crippen molar-refractivity contribution in [3.05, 3.63) is 60.8 Å². The minimum atomic E-state index is -0.986. The Hall–Kier alpha value is -1.91. The maximum Gasteiger partial charge on any atom is 0.305 e. The number of aliphatic hydroxyl groups excluding tert-OH is 2. The third-order valence-corrected chi connectivity index (χ3v) is 3.56. The van der Waals surface area contributed by atoms with E-state index < -0.39 is 12.7 Å². The van der Waals surface area contributed by atoms with E-state index in [1.54, 1.807) is 0 Å². The normalized spacial score (nSPS) is 13.7. The van der Waals surface area contributed by atoms with Crippen molar-refractivity contribution in [1.82, 2.24) is 0 Å². The van der Waals surface area contributed by atoms with E-state index in [4.69, 9.17) is 14.9 Å². The second-order valence-corrected chi connectivity index (χ2v) is 6.12. The molecule has 0 aliphatic rings. The molecule has 0 spiro atoms. The van der Waals surface area contributed by atoms with Crippen molar-refractivity contribution in [2.75, 3.05) is 13.2 Å². The van der Waals surface area contributed by atoms with E-state index in [0.717, 1.165) is 44.9 Å². The molecule has 0 aromatic carbocycles. The molecule has 1 atom stereocenters. The molecule has 0 aromatic rings. The molecule has 0 heterocycles. The predicted molar refractivity (Wildman–Crippen MR) is 112 cm³/mol. The highest BCUT2D eigenvalue weighted by molar-refractivity contribution is 5.69. The average Bonchev–Trinajstić information content (AvgIpc) is 2.68. The standard InChI is InChI=1S/C23H36O4/c1-2-3-4-5-6-7-8-9-10-11-12-13-14-15-16-17-18-19-23(26)27-21-22(25)20-24/h3-4,6-7,9-10,12-13,15-16,22,24-25H,2,5,8,11,14,17-21H2,1H3/b4-3-,7-6-,10-9-,13-12-,16-15-/t22-/m0/s1. The summed E-state index contributed by atoms with van der Waals surface area (Å²) in [5, 5.41) is 17.7. The number of allylic oxidation sites excluding steroid dienone is 10. The zero-order valence-electron chi connectivity index (χ0n) is 16.6. The van der Waals surface area contributed by atoms with Crippen LogP contribution in [0.3, 0.4) is 0 Å². The number of carbonyl (C=O) groups excluding carboxylic acids is 1.